The molecule has 194 valence electrons. The number of amides is 1. The molecule has 3 N–H and O–H groups in total. The highest BCUT2D eigenvalue weighted by molar-refractivity contribution is 5.87. The predicted octanol–water partition coefficient (Wildman–Crippen LogP) is 3.16. The maximum absolute atomic E-state index is 12.7. The number of hydroxylamine groups is 1. The molecular formula is C24H32F3N3O5. The Labute approximate surface area is 202 Å². The first-order valence-electron chi connectivity index (χ1n) is 11.4. The number of hydrogen-bond acceptors (Lipinski definition) is 7. The van der Waals surface area contributed by atoms with Crippen molar-refractivity contribution in [2.24, 2.45) is 5.73 Å². The van der Waals surface area contributed by atoms with Crippen LogP contribution in [0.2, 0.25) is 0 Å². The highest BCUT2D eigenvalue weighted by atomic mass is 19.4. The number of rotatable bonds is 10. The minimum atomic E-state index is -5.32. The van der Waals surface area contributed by atoms with Crippen LogP contribution in [0.1, 0.15) is 51.0 Å². The summed E-state index contributed by atoms with van der Waals surface area (Å²) in [5.41, 5.74) is 6.16. The molecule has 0 saturated heterocycles. The van der Waals surface area contributed by atoms with E-state index in [-0.39, 0.29) is 11.9 Å². The summed E-state index contributed by atoms with van der Waals surface area (Å²) >= 11 is 0. The van der Waals surface area contributed by atoms with E-state index < -0.39 is 29.9 Å². The summed E-state index contributed by atoms with van der Waals surface area (Å²) in [5.74, 6) is -4.26. The van der Waals surface area contributed by atoms with Crippen molar-refractivity contribution in [3.05, 3.63) is 48.0 Å². The van der Waals surface area contributed by atoms with Gasteiger partial charge in [0.2, 0.25) is 5.91 Å². The van der Waals surface area contributed by atoms with Crippen molar-refractivity contribution in [2.45, 2.75) is 75.9 Å². The number of carbonyl (C=O) groups is 3. The van der Waals surface area contributed by atoms with Gasteiger partial charge in [-0.25, -0.2) is 9.59 Å². The molecule has 35 heavy (non-hydrogen) atoms. The van der Waals surface area contributed by atoms with E-state index in [1.165, 1.54) is 12.2 Å². The highest BCUT2D eigenvalue weighted by Crippen LogP contribution is 2.22. The van der Waals surface area contributed by atoms with Gasteiger partial charge in [0.05, 0.1) is 6.04 Å². The molecule has 0 aromatic heterocycles. The van der Waals surface area contributed by atoms with Gasteiger partial charge in [0.15, 0.2) is 0 Å². The Balaban J connectivity index is 2.03. The number of hydrogen-bond donors (Lipinski definition) is 2. The number of alkyl halides is 3. The minimum absolute atomic E-state index is 0.163. The maximum Gasteiger partial charge on any atom is 0.491 e. The van der Waals surface area contributed by atoms with Crippen molar-refractivity contribution >= 4 is 17.8 Å². The molecule has 0 radical (unpaired) electrons. The van der Waals surface area contributed by atoms with E-state index in [4.69, 9.17) is 10.6 Å². The largest absolute Gasteiger partial charge is 0.491 e. The van der Waals surface area contributed by atoms with Crippen LogP contribution in [-0.2, 0) is 30.4 Å². The number of nitrogens with two attached hydrogens (primary N) is 1. The number of ether oxygens (including phenoxy) is 1. The molecule has 1 saturated carbocycles. The summed E-state index contributed by atoms with van der Waals surface area (Å²) in [6.45, 7) is 0.776. The van der Waals surface area contributed by atoms with E-state index >= 15 is 0 Å². The van der Waals surface area contributed by atoms with E-state index in [1.54, 1.807) is 11.9 Å². The minimum Gasteiger partial charge on any atom is -0.426 e. The second-order valence-corrected chi connectivity index (χ2v) is 8.73. The molecule has 1 amide bonds. The Kier molecular flexibility index (Phi) is 10.3. The molecule has 0 spiro atoms. The normalized spacial score (nSPS) is 17.4. The fraction of sp³-hybridized carbons (Fsp3) is 0.542. The molecule has 0 bridgehead atoms. The van der Waals surface area contributed by atoms with E-state index in [0.29, 0.717) is 12.8 Å². The van der Waals surface area contributed by atoms with Gasteiger partial charge in [0.1, 0.15) is 0 Å². The molecule has 2 atom stereocenters. The molecular weight excluding hydrogens is 467 g/mol. The number of nitrogens with one attached hydrogen (secondary N) is 1. The average Bonchev–Trinajstić information content (AvgIpc) is 2.82. The Morgan fingerprint density at radius 1 is 1.14 bits per heavy atom. The van der Waals surface area contributed by atoms with Crippen LogP contribution in [0.15, 0.2) is 42.5 Å². The molecule has 0 aliphatic heterocycles. The molecule has 1 fully saturated rings. The first-order valence-corrected chi connectivity index (χ1v) is 11.4. The van der Waals surface area contributed by atoms with E-state index in [0.717, 1.165) is 44.6 Å². The second-order valence-electron chi connectivity index (χ2n) is 8.73. The predicted molar refractivity (Wildman–Crippen MR) is 121 cm³/mol. The van der Waals surface area contributed by atoms with Crippen molar-refractivity contribution in [3.63, 3.8) is 0 Å². The quantitative estimate of drug-likeness (QED) is 0.220. The third kappa shape index (κ3) is 9.33. The zero-order chi connectivity index (χ0) is 26.1. The lowest BCUT2D eigenvalue weighted by Crippen LogP contribution is -2.53. The van der Waals surface area contributed by atoms with Crippen molar-refractivity contribution < 1.29 is 37.1 Å². The third-order valence-electron chi connectivity index (χ3n) is 5.77. The number of benzene rings is 1. The number of likely N-dealkylation sites (N-methyl/N-ethyl adjacent to an activating group) is 1. The number of aryl methyl sites for hydroxylation is 1. The fourth-order valence-corrected chi connectivity index (χ4v) is 3.65. The third-order valence-corrected chi connectivity index (χ3v) is 5.77. The van der Waals surface area contributed by atoms with Crippen LogP contribution in [0.3, 0.4) is 0 Å². The molecule has 8 nitrogen and oxygen atoms in total. The summed E-state index contributed by atoms with van der Waals surface area (Å²) in [7, 11) is 1.74. The molecule has 1 aromatic rings. The summed E-state index contributed by atoms with van der Waals surface area (Å²) in [4.78, 5) is 42.4. The maximum atomic E-state index is 12.7. The van der Waals surface area contributed by atoms with Crippen molar-refractivity contribution in [2.75, 3.05) is 7.05 Å². The van der Waals surface area contributed by atoms with E-state index in [1.807, 2.05) is 30.3 Å². The SMILES string of the molecule is CN(C(=O)/C=C/[C@H](CCc1ccccc1)NOC(=O)[C@@](C)(N)OC(=O)C(F)(F)F)C1CCCCC1. The first kappa shape index (κ1) is 28.3. The van der Waals surface area contributed by atoms with Gasteiger partial charge in [-0.15, -0.1) is 5.48 Å². The molecule has 2 rings (SSSR count). The number of nitrogens with zero attached hydrogens (tertiary/aromatic N) is 1. The molecule has 0 unspecified atom stereocenters. The van der Waals surface area contributed by atoms with Crippen molar-refractivity contribution in [3.8, 4) is 0 Å². The number of esters is 1. The van der Waals surface area contributed by atoms with E-state index in [2.05, 4.69) is 10.2 Å². The Morgan fingerprint density at radius 2 is 1.77 bits per heavy atom. The van der Waals surface area contributed by atoms with Crippen LogP contribution in [0.4, 0.5) is 13.2 Å². The van der Waals surface area contributed by atoms with Crippen LogP contribution in [0.5, 0.6) is 0 Å². The van der Waals surface area contributed by atoms with Crippen molar-refractivity contribution in [1.82, 2.24) is 10.4 Å². The molecule has 1 aliphatic carbocycles. The topological polar surface area (TPSA) is 111 Å². The molecule has 11 heteroatoms. The molecule has 0 heterocycles. The van der Waals surface area contributed by atoms with Gasteiger partial charge in [-0.05, 0) is 31.2 Å². The zero-order valence-electron chi connectivity index (χ0n) is 19.8. The smallest absolute Gasteiger partial charge is 0.426 e. The second kappa shape index (κ2) is 12.7. The summed E-state index contributed by atoms with van der Waals surface area (Å²) in [6.07, 6.45) is 3.69. The Morgan fingerprint density at radius 3 is 2.37 bits per heavy atom. The van der Waals surface area contributed by atoms with Crippen LogP contribution in [-0.4, -0.2) is 53.8 Å². The Hall–Kier alpha value is -2.92. The van der Waals surface area contributed by atoms with Gasteiger partial charge < -0.3 is 14.5 Å². The van der Waals surface area contributed by atoms with Gasteiger partial charge in [0, 0.05) is 26.1 Å². The monoisotopic (exact) mass is 499 g/mol. The Bertz CT molecular complexity index is 884. The summed E-state index contributed by atoms with van der Waals surface area (Å²) < 4.78 is 41.4. The average molecular weight is 500 g/mol. The molecule has 1 aliphatic rings. The molecule has 1 aromatic carbocycles. The van der Waals surface area contributed by atoms with Crippen LogP contribution in [0.25, 0.3) is 0 Å². The van der Waals surface area contributed by atoms with Gasteiger partial charge >= 0.3 is 18.1 Å². The van der Waals surface area contributed by atoms with Crippen LogP contribution < -0.4 is 11.2 Å². The summed E-state index contributed by atoms with van der Waals surface area (Å²) in [6, 6.07) is 8.90. The zero-order valence-corrected chi connectivity index (χ0v) is 19.8. The number of halogens is 3. The van der Waals surface area contributed by atoms with Crippen molar-refractivity contribution in [1.29, 1.82) is 0 Å². The first-order chi connectivity index (χ1) is 16.4. The standard InChI is InChI=1S/C24H32F3N3O5/c1-23(28,34-22(33)24(25,26)27)21(32)35-29-18(14-13-17-9-5-3-6-10-17)15-16-20(31)30(2)19-11-7-4-8-12-19/h3,5-6,9-10,15-16,18-19,29H,4,7-8,11-14,28H2,1-2H3/b16-15+/t18-,23-/m0/s1. The van der Waals surface area contributed by atoms with Gasteiger partial charge in [0.25, 0.3) is 5.72 Å². The summed E-state index contributed by atoms with van der Waals surface area (Å²) in [5, 5.41) is 0. The van der Waals surface area contributed by atoms with Gasteiger partial charge in [-0.2, -0.15) is 13.2 Å². The highest BCUT2D eigenvalue weighted by Gasteiger charge is 2.47. The van der Waals surface area contributed by atoms with Gasteiger partial charge in [-0.1, -0.05) is 55.7 Å². The lowest BCUT2D eigenvalue weighted by atomic mass is 9.94. The number of carbonyl (C=O) groups excluding carboxylic acids is 3. The van der Waals surface area contributed by atoms with Crippen LogP contribution >= 0.6 is 0 Å². The van der Waals surface area contributed by atoms with Gasteiger partial charge in [-0.3, -0.25) is 10.5 Å². The van der Waals surface area contributed by atoms with E-state index in [9.17, 15) is 27.6 Å². The lowest BCUT2D eigenvalue weighted by molar-refractivity contribution is -0.219. The lowest BCUT2D eigenvalue weighted by Gasteiger charge is -2.30. The van der Waals surface area contributed by atoms with Crippen LogP contribution in [0, 0.1) is 0 Å². The fourth-order valence-electron chi connectivity index (χ4n) is 3.65.